The number of halogens is 1. The molecule has 19 heavy (non-hydrogen) atoms. The summed E-state index contributed by atoms with van der Waals surface area (Å²) in [4.78, 5) is 2.46. The highest BCUT2D eigenvalue weighted by atomic mass is 19.1. The third-order valence-electron chi connectivity index (χ3n) is 4.32. The second-order valence-electron chi connectivity index (χ2n) is 5.92. The molecule has 0 aliphatic carbocycles. The molecule has 2 unspecified atom stereocenters. The number of hydrogen-bond donors (Lipinski definition) is 1. The van der Waals surface area contributed by atoms with Crippen LogP contribution in [0.4, 0.5) is 4.39 Å². The van der Waals surface area contributed by atoms with Crippen LogP contribution in [0, 0.1) is 17.7 Å². The van der Waals surface area contributed by atoms with Crippen LogP contribution in [0.15, 0.2) is 24.3 Å². The lowest BCUT2D eigenvalue weighted by Gasteiger charge is -2.24. The highest BCUT2D eigenvalue weighted by Crippen LogP contribution is 2.26. The zero-order valence-corrected chi connectivity index (χ0v) is 12.2. The topological polar surface area (TPSA) is 15.3 Å². The fourth-order valence-electron chi connectivity index (χ4n) is 2.93. The molecule has 1 fully saturated rings. The molecule has 3 heteroatoms. The van der Waals surface area contributed by atoms with Gasteiger partial charge in [-0.25, -0.2) is 4.39 Å². The van der Waals surface area contributed by atoms with Crippen LogP contribution < -0.4 is 5.32 Å². The Morgan fingerprint density at radius 2 is 2.11 bits per heavy atom. The van der Waals surface area contributed by atoms with Gasteiger partial charge in [-0.15, -0.1) is 0 Å². The molecule has 0 saturated carbocycles. The van der Waals surface area contributed by atoms with E-state index in [2.05, 4.69) is 24.1 Å². The lowest BCUT2D eigenvalue weighted by atomic mass is 9.95. The van der Waals surface area contributed by atoms with Gasteiger partial charge in [-0.2, -0.15) is 0 Å². The molecule has 1 aliphatic rings. The lowest BCUT2D eigenvalue weighted by molar-refractivity contribution is 0.272. The molecule has 1 heterocycles. The predicted octanol–water partition coefficient (Wildman–Crippen LogP) is 3.06. The molecule has 2 atom stereocenters. The molecule has 2 rings (SSSR count). The third-order valence-corrected chi connectivity index (χ3v) is 4.32. The van der Waals surface area contributed by atoms with Gasteiger partial charge in [0.05, 0.1) is 0 Å². The van der Waals surface area contributed by atoms with Crippen molar-refractivity contribution >= 4 is 0 Å². The maximum Gasteiger partial charge on any atom is 0.128 e. The van der Waals surface area contributed by atoms with Gasteiger partial charge in [0, 0.05) is 24.7 Å². The van der Waals surface area contributed by atoms with Crippen LogP contribution in [-0.4, -0.2) is 31.6 Å². The van der Waals surface area contributed by atoms with E-state index in [-0.39, 0.29) is 11.9 Å². The van der Waals surface area contributed by atoms with Crippen molar-refractivity contribution in [2.75, 3.05) is 26.7 Å². The maximum atomic E-state index is 13.8. The molecule has 0 aromatic heterocycles. The van der Waals surface area contributed by atoms with Crippen LogP contribution in [-0.2, 0) is 0 Å². The molecule has 0 bridgehead atoms. The molecule has 1 N–H and O–H groups in total. The molecule has 1 saturated heterocycles. The van der Waals surface area contributed by atoms with Gasteiger partial charge in [0.2, 0.25) is 0 Å². The predicted molar refractivity (Wildman–Crippen MR) is 77.6 cm³/mol. The fraction of sp³-hybridized carbons (Fsp3) is 0.625. The molecule has 1 aromatic carbocycles. The summed E-state index contributed by atoms with van der Waals surface area (Å²) in [5.41, 5.74) is 0.776. The Morgan fingerprint density at radius 1 is 1.37 bits per heavy atom. The summed E-state index contributed by atoms with van der Waals surface area (Å²) in [6.45, 7) is 7.75. The van der Waals surface area contributed by atoms with E-state index >= 15 is 0 Å². The number of nitrogens with one attached hydrogen (secondary N) is 1. The normalized spacial score (nSPS) is 22.1. The van der Waals surface area contributed by atoms with Gasteiger partial charge >= 0.3 is 0 Å². The fourth-order valence-corrected chi connectivity index (χ4v) is 2.93. The summed E-state index contributed by atoms with van der Waals surface area (Å²) in [5.74, 6) is 1.42. The molecule has 1 aromatic rings. The standard InChI is InChI=1S/C16H25FN2/c1-12(2)13-8-9-19(10-13)11-16(18-3)14-6-4-5-7-15(14)17/h4-7,12-13,16,18H,8-11H2,1-3H3. The Labute approximate surface area is 116 Å². The van der Waals surface area contributed by atoms with E-state index in [9.17, 15) is 4.39 Å². The van der Waals surface area contributed by atoms with E-state index in [1.54, 1.807) is 12.1 Å². The summed E-state index contributed by atoms with van der Waals surface area (Å²) >= 11 is 0. The molecule has 1 aliphatic heterocycles. The van der Waals surface area contributed by atoms with Crippen molar-refractivity contribution in [3.63, 3.8) is 0 Å². The first kappa shape index (κ1) is 14.5. The smallest absolute Gasteiger partial charge is 0.128 e. The van der Waals surface area contributed by atoms with E-state index in [0.29, 0.717) is 0 Å². The molecule has 0 amide bonds. The highest BCUT2D eigenvalue weighted by molar-refractivity contribution is 5.21. The van der Waals surface area contributed by atoms with Crippen molar-refractivity contribution in [2.24, 2.45) is 11.8 Å². The number of hydrogen-bond acceptors (Lipinski definition) is 2. The van der Waals surface area contributed by atoms with Crippen LogP contribution in [0.25, 0.3) is 0 Å². The van der Waals surface area contributed by atoms with E-state index in [1.165, 1.54) is 6.42 Å². The minimum absolute atomic E-state index is 0.0760. The Balaban J connectivity index is 1.99. The Hall–Kier alpha value is -0.930. The number of rotatable bonds is 5. The SMILES string of the molecule is CNC(CN1CCC(C(C)C)C1)c1ccccc1F. The first-order valence-corrected chi connectivity index (χ1v) is 7.26. The van der Waals surface area contributed by atoms with Gasteiger partial charge in [0.25, 0.3) is 0 Å². The van der Waals surface area contributed by atoms with Gasteiger partial charge in [-0.1, -0.05) is 32.0 Å². The first-order valence-electron chi connectivity index (χ1n) is 7.26. The quantitative estimate of drug-likeness (QED) is 0.879. The largest absolute Gasteiger partial charge is 0.312 e. The van der Waals surface area contributed by atoms with Gasteiger partial charge in [0.1, 0.15) is 5.82 Å². The van der Waals surface area contributed by atoms with Crippen LogP contribution in [0.5, 0.6) is 0 Å². The Bertz CT molecular complexity index is 405. The molecule has 2 nitrogen and oxygen atoms in total. The molecular weight excluding hydrogens is 239 g/mol. The molecule has 106 valence electrons. The van der Waals surface area contributed by atoms with Crippen molar-refractivity contribution in [3.05, 3.63) is 35.6 Å². The van der Waals surface area contributed by atoms with Gasteiger partial charge in [-0.3, -0.25) is 0 Å². The van der Waals surface area contributed by atoms with Crippen LogP contribution >= 0.6 is 0 Å². The maximum absolute atomic E-state index is 13.8. The zero-order valence-electron chi connectivity index (χ0n) is 12.2. The summed E-state index contributed by atoms with van der Waals surface area (Å²) in [7, 11) is 1.91. The number of nitrogens with zero attached hydrogens (tertiary/aromatic N) is 1. The summed E-state index contributed by atoms with van der Waals surface area (Å²) in [6.07, 6.45) is 1.27. The minimum Gasteiger partial charge on any atom is -0.312 e. The van der Waals surface area contributed by atoms with Crippen molar-refractivity contribution in [1.29, 1.82) is 0 Å². The summed E-state index contributed by atoms with van der Waals surface area (Å²) < 4.78 is 13.8. The lowest BCUT2D eigenvalue weighted by Crippen LogP contribution is -2.33. The number of likely N-dealkylation sites (N-methyl/N-ethyl adjacent to an activating group) is 1. The minimum atomic E-state index is -0.110. The second-order valence-corrected chi connectivity index (χ2v) is 5.92. The van der Waals surface area contributed by atoms with Gasteiger partial charge < -0.3 is 10.2 Å². The monoisotopic (exact) mass is 264 g/mol. The summed E-state index contributed by atoms with van der Waals surface area (Å²) in [6, 6.07) is 7.15. The second kappa shape index (κ2) is 6.49. The van der Waals surface area contributed by atoms with Gasteiger partial charge in [-0.05, 0) is 37.9 Å². The van der Waals surface area contributed by atoms with E-state index in [4.69, 9.17) is 0 Å². The van der Waals surface area contributed by atoms with Crippen molar-refractivity contribution in [1.82, 2.24) is 10.2 Å². The third kappa shape index (κ3) is 3.54. The number of benzene rings is 1. The average Bonchev–Trinajstić information content (AvgIpc) is 2.86. The molecule has 0 spiro atoms. The van der Waals surface area contributed by atoms with Crippen molar-refractivity contribution < 1.29 is 4.39 Å². The number of likely N-dealkylation sites (tertiary alicyclic amines) is 1. The van der Waals surface area contributed by atoms with Crippen LogP contribution in [0.3, 0.4) is 0 Å². The van der Waals surface area contributed by atoms with Gasteiger partial charge in [0.15, 0.2) is 0 Å². The molecular formula is C16H25FN2. The zero-order chi connectivity index (χ0) is 13.8. The Morgan fingerprint density at radius 3 is 2.68 bits per heavy atom. The highest BCUT2D eigenvalue weighted by Gasteiger charge is 2.27. The van der Waals surface area contributed by atoms with E-state index < -0.39 is 0 Å². The van der Waals surface area contributed by atoms with Crippen molar-refractivity contribution in [3.8, 4) is 0 Å². The molecule has 0 radical (unpaired) electrons. The average molecular weight is 264 g/mol. The van der Waals surface area contributed by atoms with Crippen LogP contribution in [0.2, 0.25) is 0 Å². The Kier molecular flexibility index (Phi) is 4.94. The summed E-state index contributed by atoms with van der Waals surface area (Å²) in [5, 5.41) is 3.25. The van der Waals surface area contributed by atoms with Crippen LogP contribution in [0.1, 0.15) is 31.9 Å². The van der Waals surface area contributed by atoms with Crippen molar-refractivity contribution in [2.45, 2.75) is 26.3 Å². The van der Waals surface area contributed by atoms with E-state index in [1.807, 2.05) is 19.2 Å². The first-order chi connectivity index (χ1) is 9.11. The van der Waals surface area contributed by atoms with E-state index in [0.717, 1.165) is 37.0 Å².